The predicted octanol–water partition coefficient (Wildman–Crippen LogP) is 2.73. The number of hydrazine groups is 1. The largest absolute Gasteiger partial charge is 0.439 e. The monoisotopic (exact) mass is 258 g/mol. The lowest BCUT2D eigenvalue weighted by Crippen LogP contribution is -2.12. The first-order valence-corrected chi connectivity index (χ1v) is 6.22. The molecule has 0 atom stereocenters. The third-order valence-electron chi connectivity index (χ3n) is 2.87. The topological polar surface area (TPSA) is 73.1 Å². The highest BCUT2D eigenvalue weighted by atomic mass is 16.5. The molecule has 0 bridgehead atoms. The number of aromatic nitrogens is 2. The minimum absolute atomic E-state index is 0.522. The van der Waals surface area contributed by atoms with Crippen molar-refractivity contribution < 1.29 is 4.74 Å². The van der Waals surface area contributed by atoms with E-state index in [4.69, 9.17) is 10.6 Å². The summed E-state index contributed by atoms with van der Waals surface area (Å²) in [6.07, 6.45) is 0.967. The maximum Gasteiger partial charge on any atom is 0.227 e. The number of anilines is 1. The number of ether oxygens (including phenoxy) is 1. The molecule has 0 amide bonds. The first kappa shape index (κ1) is 13.3. The van der Waals surface area contributed by atoms with Crippen molar-refractivity contribution in [3.63, 3.8) is 0 Å². The van der Waals surface area contributed by atoms with Gasteiger partial charge in [-0.05, 0) is 38.0 Å². The maximum absolute atomic E-state index is 5.83. The number of aryl methyl sites for hydroxylation is 2. The zero-order chi connectivity index (χ0) is 13.8. The minimum Gasteiger partial charge on any atom is -0.439 e. The van der Waals surface area contributed by atoms with E-state index in [0.717, 1.165) is 17.7 Å². The molecule has 0 aliphatic heterocycles. The van der Waals surface area contributed by atoms with Crippen molar-refractivity contribution in [3.8, 4) is 11.6 Å². The number of hydrogen-bond acceptors (Lipinski definition) is 5. The fourth-order valence-electron chi connectivity index (χ4n) is 1.78. The van der Waals surface area contributed by atoms with Gasteiger partial charge in [-0.3, -0.25) is 0 Å². The molecule has 1 aromatic heterocycles. The van der Waals surface area contributed by atoms with Crippen LogP contribution in [0.25, 0.3) is 0 Å². The van der Waals surface area contributed by atoms with Gasteiger partial charge in [0.25, 0.3) is 0 Å². The Morgan fingerprint density at radius 1 is 1.26 bits per heavy atom. The van der Waals surface area contributed by atoms with Gasteiger partial charge in [0.15, 0.2) is 0 Å². The first-order chi connectivity index (χ1) is 9.13. The van der Waals surface area contributed by atoms with E-state index in [2.05, 4.69) is 28.4 Å². The third-order valence-corrected chi connectivity index (χ3v) is 2.87. The number of nitrogens with one attached hydrogen (secondary N) is 1. The highest BCUT2D eigenvalue weighted by Gasteiger charge is 2.10. The molecule has 2 rings (SSSR count). The number of nitrogens with two attached hydrogens (primary N) is 1. The molecule has 3 N–H and O–H groups in total. The summed E-state index contributed by atoms with van der Waals surface area (Å²) in [5.74, 6) is 7.91. The van der Waals surface area contributed by atoms with Gasteiger partial charge < -0.3 is 10.2 Å². The normalized spacial score (nSPS) is 10.3. The van der Waals surface area contributed by atoms with Crippen LogP contribution in [-0.2, 0) is 6.42 Å². The second kappa shape index (κ2) is 5.67. The van der Waals surface area contributed by atoms with E-state index < -0.39 is 0 Å². The highest BCUT2D eigenvalue weighted by Crippen LogP contribution is 2.27. The zero-order valence-corrected chi connectivity index (χ0v) is 11.4. The van der Waals surface area contributed by atoms with E-state index in [1.165, 1.54) is 5.56 Å². The van der Waals surface area contributed by atoms with Crippen LogP contribution in [0.15, 0.2) is 24.3 Å². The van der Waals surface area contributed by atoms with Gasteiger partial charge in [-0.15, -0.1) is 0 Å². The number of nitrogen functional groups attached to an aromatic ring is 1. The minimum atomic E-state index is 0.522. The van der Waals surface area contributed by atoms with Crippen molar-refractivity contribution in [2.75, 3.05) is 5.43 Å². The Morgan fingerprint density at radius 3 is 2.74 bits per heavy atom. The molecule has 0 unspecified atom stereocenters. The van der Waals surface area contributed by atoms with Crippen molar-refractivity contribution in [1.29, 1.82) is 0 Å². The molecule has 1 aromatic carbocycles. The molecule has 100 valence electrons. The predicted molar refractivity (Wildman–Crippen MR) is 75.2 cm³/mol. The first-order valence-electron chi connectivity index (χ1n) is 6.22. The van der Waals surface area contributed by atoms with Crippen LogP contribution in [0.3, 0.4) is 0 Å². The van der Waals surface area contributed by atoms with Gasteiger partial charge in [-0.1, -0.05) is 19.1 Å². The van der Waals surface area contributed by atoms with Crippen LogP contribution in [0.1, 0.15) is 23.9 Å². The van der Waals surface area contributed by atoms with Crippen LogP contribution in [0.2, 0.25) is 0 Å². The molecule has 2 aromatic rings. The fraction of sp³-hybridized carbons (Fsp3) is 0.286. The van der Waals surface area contributed by atoms with Gasteiger partial charge in [-0.25, -0.2) is 10.8 Å². The summed E-state index contributed by atoms with van der Waals surface area (Å²) >= 11 is 0. The molecule has 5 nitrogen and oxygen atoms in total. The maximum atomic E-state index is 5.83. The molecule has 0 saturated carbocycles. The SMILES string of the molecule is CCc1cccc(Oc2nc(C)nc(NN)c2C)c1. The molecule has 0 fully saturated rings. The van der Waals surface area contributed by atoms with Crippen LogP contribution >= 0.6 is 0 Å². The lowest BCUT2D eigenvalue weighted by Gasteiger charge is -2.12. The molecule has 1 heterocycles. The van der Waals surface area contributed by atoms with Crippen molar-refractivity contribution in [2.24, 2.45) is 5.84 Å². The molecular formula is C14H18N4O. The number of hydrogen-bond donors (Lipinski definition) is 2. The summed E-state index contributed by atoms with van der Waals surface area (Å²) in [5, 5.41) is 0. The number of rotatable bonds is 4. The second-order valence-electron chi connectivity index (χ2n) is 4.30. The summed E-state index contributed by atoms with van der Waals surface area (Å²) in [4.78, 5) is 8.50. The van der Waals surface area contributed by atoms with Crippen molar-refractivity contribution in [3.05, 3.63) is 41.2 Å². The summed E-state index contributed by atoms with van der Waals surface area (Å²) < 4.78 is 5.83. The van der Waals surface area contributed by atoms with E-state index in [0.29, 0.717) is 17.5 Å². The van der Waals surface area contributed by atoms with Crippen LogP contribution in [0.5, 0.6) is 11.6 Å². The van der Waals surface area contributed by atoms with Gasteiger partial charge in [0.05, 0.1) is 5.56 Å². The molecule has 0 saturated heterocycles. The quantitative estimate of drug-likeness (QED) is 0.651. The number of benzene rings is 1. The Bertz CT molecular complexity index is 584. The lowest BCUT2D eigenvalue weighted by atomic mass is 10.2. The Kier molecular flexibility index (Phi) is 3.97. The summed E-state index contributed by atoms with van der Waals surface area (Å²) in [7, 11) is 0. The number of nitrogens with zero attached hydrogens (tertiary/aromatic N) is 2. The van der Waals surface area contributed by atoms with Gasteiger partial charge in [0.2, 0.25) is 5.88 Å². The van der Waals surface area contributed by atoms with Crippen LogP contribution in [0, 0.1) is 13.8 Å². The Labute approximate surface area is 112 Å². The van der Waals surface area contributed by atoms with E-state index in [1.54, 1.807) is 6.92 Å². The molecule has 19 heavy (non-hydrogen) atoms. The summed E-state index contributed by atoms with van der Waals surface area (Å²) in [6, 6.07) is 7.95. The third kappa shape index (κ3) is 3.00. The molecule has 0 aliphatic rings. The summed E-state index contributed by atoms with van der Waals surface area (Å²) in [6.45, 7) is 5.78. The van der Waals surface area contributed by atoms with E-state index in [-0.39, 0.29) is 0 Å². The molecule has 0 radical (unpaired) electrons. The average molecular weight is 258 g/mol. The van der Waals surface area contributed by atoms with E-state index >= 15 is 0 Å². The van der Waals surface area contributed by atoms with E-state index in [1.807, 2.05) is 25.1 Å². The van der Waals surface area contributed by atoms with Crippen molar-refractivity contribution >= 4 is 5.82 Å². The highest BCUT2D eigenvalue weighted by molar-refractivity contribution is 5.48. The van der Waals surface area contributed by atoms with Gasteiger partial charge in [0, 0.05) is 0 Å². The van der Waals surface area contributed by atoms with Crippen LogP contribution in [-0.4, -0.2) is 9.97 Å². The van der Waals surface area contributed by atoms with Crippen molar-refractivity contribution in [2.45, 2.75) is 27.2 Å². The molecule has 0 aliphatic carbocycles. The zero-order valence-electron chi connectivity index (χ0n) is 11.4. The Balaban J connectivity index is 2.34. The second-order valence-corrected chi connectivity index (χ2v) is 4.30. The molecule has 5 heteroatoms. The Morgan fingerprint density at radius 2 is 2.05 bits per heavy atom. The molecular weight excluding hydrogens is 240 g/mol. The van der Waals surface area contributed by atoms with Crippen LogP contribution in [0.4, 0.5) is 5.82 Å². The van der Waals surface area contributed by atoms with Crippen LogP contribution < -0.4 is 16.0 Å². The lowest BCUT2D eigenvalue weighted by molar-refractivity contribution is 0.455. The van der Waals surface area contributed by atoms with Gasteiger partial charge >= 0.3 is 0 Å². The standard InChI is InChI=1S/C14H18N4O/c1-4-11-6-5-7-12(8-11)19-14-9(2)13(18-15)16-10(3)17-14/h5-8H,4,15H2,1-3H3,(H,16,17,18). The molecule has 0 spiro atoms. The van der Waals surface area contributed by atoms with E-state index in [9.17, 15) is 0 Å². The van der Waals surface area contributed by atoms with Gasteiger partial charge in [-0.2, -0.15) is 4.98 Å². The Hall–Kier alpha value is -2.14. The fourth-order valence-corrected chi connectivity index (χ4v) is 1.78. The van der Waals surface area contributed by atoms with Gasteiger partial charge in [0.1, 0.15) is 17.4 Å². The van der Waals surface area contributed by atoms with Crippen molar-refractivity contribution in [1.82, 2.24) is 9.97 Å². The average Bonchev–Trinajstić information content (AvgIpc) is 2.42. The summed E-state index contributed by atoms with van der Waals surface area (Å²) in [5.41, 5.74) is 4.56. The smallest absolute Gasteiger partial charge is 0.227 e.